The number of hydrogen-bond donors (Lipinski definition) is 1. The molecule has 0 aliphatic rings. The highest BCUT2D eigenvalue weighted by molar-refractivity contribution is 6.30. The van der Waals surface area contributed by atoms with Gasteiger partial charge in [-0.3, -0.25) is 4.79 Å². The molecule has 24 heavy (non-hydrogen) atoms. The number of aromatic nitrogens is 2. The Bertz CT molecular complexity index is 821. The standard InChI is InChI=1S/C17H14ClN3O3/c18-13-6-4-5-12(9-13)17-20-15(21-24-17)10-19-16(22)11-23-14-7-2-1-3-8-14/h1-9H,10-11H2,(H,19,22). The van der Waals surface area contributed by atoms with Crippen molar-refractivity contribution in [2.75, 3.05) is 6.61 Å². The molecular weight excluding hydrogens is 330 g/mol. The van der Waals surface area contributed by atoms with Crippen molar-refractivity contribution in [1.82, 2.24) is 15.5 Å². The number of para-hydroxylation sites is 1. The Morgan fingerprint density at radius 2 is 2.00 bits per heavy atom. The van der Waals surface area contributed by atoms with Crippen LogP contribution in [0.25, 0.3) is 11.5 Å². The van der Waals surface area contributed by atoms with Crippen molar-refractivity contribution < 1.29 is 14.1 Å². The van der Waals surface area contributed by atoms with Crippen LogP contribution < -0.4 is 10.1 Å². The van der Waals surface area contributed by atoms with Gasteiger partial charge in [0.25, 0.3) is 11.8 Å². The largest absolute Gasteiger partial charge is 0.484 e. The molecule has 0 spiro atoms. The second kappa shape index (κ2) is 7.61. The Labute approximate surface area is 143 Å². The molecule has 1 aromatic heterocycles. The predicted octanol–water partition coefficient (Wildman–Crippen LogP) is 3.09. The molecule has 1 amide bonds. The molecule has 0 bridgehead atoms. The van der Waals surface area contributed by atoms with Crippen LogP contribution in [-0.4, -0.2) is 22.7 Å². The van der Waals surface area contributed by atoms with Crippen LogP contribution in [0.5, 0.6) is 5.75 Å². The summed E-state index contributed by atoms with van der Waals surface area (Å²) in [7, 11) is 0. The molecule has 1 N–H and O–H groups in total. The lowest BCUT2D eigenvalue weighted by Gasteiger charge is -2.05. The highest BCUT2D eigenvalue weighted by Crippen LogP contribution is 2.20. The van der Waals surface area contributed by atoms with Crippen LogP contribution in [0.4, 0.5) is 0 Å². The molecule has 122 valence electrons. The number of carbonyl (C=O) groups excluding carboxylic acids is 1. The van der Waals surface area contributed by atoms with E-state index in [1.807, 2.05) is 24.3 Å². The first-order valence-corrected chi connectivity index (χ1v) is 7.61. The van der Waals surface area contributed by atoms with E-state index in [0.717, 1.165) is 5.56 Å². The van der Waals surface area contributed by atoms with Crippen molar-refractivity contribution in [3.05, 3.63) is 65.4 Å². The predicted molar refractivity (Wildman–Crippen MR) is 88.5 cm³/mol. The molecular formula is C17H14ClN3O3. The third-order valence-corrected chi connectivity index (χ3v) is 3.33. The minimum atomic E-state index is -0.270. The fourth-order valence-electron chi connectivity index (χ4n) is 1.96. The summed E-state index contributed by atoms with van der Waals surface area (Å²) in [4.78, 5) is 16.0. The van der Waals surface area contributed by atoms with Gasteiger partial charge in [-0.15, -0.1) is 0 Å². The van der Waals surface area contributed by atoms with E-state index in [1.165, 1.54) is 0 Å². The molecule has 7 heteroatoms. The molecule has 0 atom stereocenters. The average molecular weight is 344 g/mol. The van der Waals surface area contributed by atoms with E-state index >= 15 is 0 Å². The lowest BCUT2D eigenvalue weighted by atomic mass is 10.2. The maximum absolute atomic E-state index is 11.8. The van der Waals surface area contributed by atoms with E-state index in [9.17, 15) is 4.79 Å². The Kier molecular flexibility index (Phi) is 5.08. The monoisotopic (exact) mass is 343 g/mol. The Hall–Kier alpha value is -2.86. The zero-order valence-electron chi connectivity index (χ0n) is 12.6. The summed E-state index contributed by atoms with van der Waals surface area (Å²) in [5, 5.41) is 7.08. The molecule has 0 aliphatic carbocycles. The molecule has 0 saturated carbocycles. The van der Waals surface area contributed by atoms with Gasteiger partial charge in [0.1, 0.15) is 5.75 Å². The summed E-state index contributed by atoms with van der Waals surface area (Å²) in [5.74, 6) is 1.09. The summed E-state index contributed by atoms with van der Waals surface area (Å²) in [6.45, 7) is 0.0735. The van der Waals surface area contributed by atoms with E-state index in [-0.39, 0.29) is 19.1 Å². The number of amides is 1. The van der Waals surface area contributed by atoms with Crippen molar-refractivity contribution in [1.29, 1.82) is 0 Å². The van der Waals surface area contributed by atoms with Gasteiger partial charge in [-0.1, -0.05) is 41.0 Å². The molecule has 1 heterocycles. The van der Waals surface area contributed by atoms with Crippen LogP contribution in [0.1, 0.15) is 5.82 Å². The maximum Gasteiger partial charge on any atom is 0.258 e. The van der Waals surface area contributed by atoms with Crippen LogP contribution in [0.15, 0.2) is 59.1 Å². The molecule has 0 fully saturated rings. The minimum Gasteiger partial charge on any atom is -0.484 e. The van der Waals surface area contributed by atoms with Crippen LogP contribution in [0, 0.1) is 0 Å². The van der Waals surface area contributed by atoms with Gasteiger partial charge >= 0.3 is 0 Å². The lowest BCUT2D eigenvalue weighted by molar-refractivity contribution is -0.123. The summed E-state index contributed by atoms with van der Waals surface area (Å²) in [6.07, 6.45) is 0. The van der Waals surface area contributed by atoms with Crippen LogP contribution in [-0.2, 0) is 11.3 Å². The zero-order chi connectivity index (χ0) is 16.8. The van der Waals surface area contributed by atoms with Gasteiger partial charge in [0, 0.05) is 10.6 Å². The van der Waals surface area contributed by atoms with E-state index in [4.69, 9.17) is 20.9 Å². The molecule has 3 rings (SSSR count). The number of benzene rings is 2. The maximum atomic E-state index is 11.8. The zero-order valence-corrected chi connectivity index (χ0v) is 13.4. The quantitative estimate of drug-likeness (QED) is 0.744. The van der Waals surface area contributed by atoms with Gasteiger partial charge in [-0.2, -0.15) is 4.98 Å². The third-order valence-electron chi connectivity index (χ3n) is 3.10. The topological polar surface area (TPSA) is 77.2 Å². The highest BCUT2D eigenvalue weighted by atomic mass is 35.5. The molecule has 0 saturated heterocycles. The fourth-order valence-corrected chi connectivity index (χ4v) is 2.15. The molecule has 2 aromatic carbocycles. The summed E-state index contributed by atoms with van der Waals surface area (Å²) < 4.78 is 10.5. The average Bonchev–Trinajstić information content (AvgIpc) is 3.08. The van der Waals surface area contributed by atoms with Gasteiger partial charge in [0.05, 0.1) is 6.54 Å². The SMILES string of the molecule is O=C(COc1ccccc1)NCc1noc(-c2cccc(Cl)c2)n1. The van der Waals surface area contributed by atoms with Gasteiger partial charge in [0.15, 0.2) is 12.4 Å². The Balaban J connectivity index is 1.51. The van der Waals surface area contributed by atoms with E-state index in [1.54, 1.807) is 30.3 Å². The molecule has 0 unspecified atom stereocenters. The first-order chi connectivity index (χ1) is 11.7. The highest BCUT2D eigenvalue weighted by Gasteiger charge is 2.10. The number of nitrogens with one attached hydrogen (secondary N) is 1. The molecule has 0 radical (unpaired) electrons. The molecule has 3 aromatic rings. The number of ether oxygens (including phenoxy) is 1. The normalized spacial score (nSPS) is 10.4. The van der Waals surface area contributed by atoms with Crippen molar-refractivity contribution in [2.24, 2.45) is 0 Å². The number of rotatable bonds is 6. The van der Waals surface area contributed by atoms with Gasteiger partial charge in [0.2, 0.25) is 0 Å². The van der Waals surface area contributed by atoms with Gasteiger partial charge in [-0.05, 0) is 30.3 Å². The van der Waals surface area contributed by atoms with Crippen molar-refractivity contribution >= 4 is 17.5 Å². The van der Waals surface area contributed by atoms with Gasteiger partial charge < -0.3 is 14.6 Å². The van der Waals surface area contributed by atoms with Crippen LogP contribution >= 0.6 is 11.6 Å². The lowest BCUT2D eigenvalue weighted by Crippen LogP contribution is -2.28. The van der Waals surface area contributed by atoms with E-state index in [0.29, 0.717) is 22.5 Å². The Morgan fingerprint density at radius 3 is 2.79 bits per heavy atom. The van der Waals surface area contributed by atoms with E-state index in [2.05, 4.69) is 15.5 Å². The van der Waals surface area contributed by atoms with Gasteiger partial charge in [-0.25, -0.2) is 0 Å². The number of carbonyl (C=O) groups is 1. The second-order valence-corrected chi connectivity index (χ2v) is 5.34. The third kappa shape index (κ3) is 4.33. The number of halogens is 1. The number of nitrogens with zero attached hydrogens (tertiary/aromatic N) is 2. The van der Waals surface area contributed by atoms with Crippen molar-refractivity contribution in [3.8, 4) is 17.2 Å². The van der Waals surface area contributed by atoms with Crippen molar-refractivity contribution in [3.63, 3.8) is 0 Å². The van der Waals surface area contributed by atoms with E-state index < -0.39 is 0 Å². The first kappa shape index (κ1) is 16.0. The minimum absolute atomic E-state index is 0.0803. The summed E-state index contributed by atoms with van der Waals surface area (Å²) in [6, 6.07) is 16.2. The number of hydrogen-bond acceptors (Lipinski definition) is 5. The Morgan fingerprint density at radius 1 is 1.17 bits per heavy atom. The first-order valence-electron chi connectivity index (χ1n) is 7.24. The van der Waals surface area contributed by atoms with Crippen molar-refractivity contribution in [2.45, 2.75) is 6.54 Å². The fraction of sp³-hybridized carbons (Fsp3) is 0.118. The summed E-state index contributed by atoms with van der Waals surface area (Å²) in [5.41, 5.74) is 0.722. The summed E-state index contributed by atoms with van der Waals surface area (Å²) >= 11 is 5.93. The van der Waals surface area contributed by atoms with Crippen LogP contribution in [0.2, 0.25) is 5.02 Å². The molecule has 0 aliphatic heterocycles. The van der Waals surface area contributed by atoms with Crippen LogP contribution in [0.3, 0.4) is 0 Å². The smallest absolute Gasteiger partial charge is 0.258 e. The molecule has 6 nitrogen and oxygen atoms in total. The second-order valence-electron chi connectivity index (χ2n) is 4.90.